The van der Waals surface area contributed by atoms with Crippen molar-refractivity contribution in [3.05, 3.63) is 44.7 Å². The molecule has 8 heterocycles. The van der Waals surface area contributed by atoms with Crippen LogP contribution in [-0.4, -0.2) is 177 Å². The number of carbonyl (C=O) groups is 6. The van der Waals surface area contributed by atoms with E-state index in [-0.39, 0.29) is 58.3 Å². The number of carbonyl (C=O) groups excluding carboxylic acids is 4. The summed E-state index contributed by atoms with van der Waals surface area (Å²) in [5.74, 6) is -3.54. The van der Waals surface area contributed by atoms with Crippen molar-refractivity contribution < 1.29 is 62.5 Å². The van der Waals surface area contributed by atoms with Gasteiger partial charge in [-0.05, 0) is 32.0 Å². The number of nitrogen functional groups attached to an aromatic ring is 2. The minimum absolute atomic E-state index is 0. The largest absolute Gasteiger partial charge is 1.00 e. The summed E-state index contributed by atoms with van der Waals surface area (Å²) < 4.78 is 2.94. The Hall–Kier alpha value is -6.07. The molecule has 8 N–H and O–H groups in total. The number of hydrogen-bond acceptors (Lipinski definition) is 26. The molecular formula is C32H35ClN18O10S6. The highest BCUT2D eigenvalue weighted by Crippen LogP contribution is 2.43. The molecular weight excluding hydrogens is 1020 g/mol. The number of rotatable bonds is 16. The fourth-order valence-electron chi connectivity index (χ4n) is 6.38. The average molecular weight is 1060 g/mol. The van der Waals surface area contributed by atoms with Gasteiger partial charge in [0.25, 0.3) is 23.6 Å². The maximum Gasteiger partial charge on any atom is 1.00 e. The molecule has 67 heavy (non-hydrogen) atoms. The van der Waals surface area contributed by atoms with Crippen LogP contribution in [0.3, 0.4) is 0 Å². The summed E-state index contributed by atoms with van der Waals surface area (Å²) in [7, 11) is 5.90. The number of aliphatic carboxylic acids is 2. The lowest BCUT2D eigenvalue weighted by Crippen LogP contribution is -3.00. The number of oxime groups is 2. The van der Waals surface area contributed by atoms with Gasteiger partial charge >= 0.3 is 13.4 Å². The predicted octanol–water partition coefficient (Wildman–Crippen LogP) is -4.62. The fourth-order valence-corrected chi connectivity index (χ4v) is 12.1. The molecule has 0 aliphatic carbocycles. The summed E-state index contributed by atoms with van der Waals surface area (Å²) in [6.07, 6.45) is 0. The number of thioether (sulfide) groups is 4. The molecule has 4 aliphatic heterocycles. The van der Waals surface area contributed by atoms with Crippen LogP contribution >= 0.6 is 69.7 Å². The Morgan fingerprint density at radius 2 is 1.15 bits per heavy atom. The van der Waals surface area contributed by atoms with E-state index in [1.54, 1.807) is 24.9 Å². The van der Waals surface area contributed by atoms with Crippen molar-refractivity contribution >= 4 is 127 Å². The van der Waals surface area contributed by atoms with Gasteiger partial charge in [0.1, 0.15) is 59.8 Å². The van der Waals surface area contributed by atoms with Gasteiger partial charge in [0.2, 0.25) is 10.3 Å². The molecule has 4 aromatic heterocycles. The van der Waals surface area contributed by atoms with Gasteiger partial charge in [-0.2, -0.15) is 0 Å². The molecule has 4 aliphatic rings. The molecule has 0 spiro atoms. The van der Waals surface area contributed by atoms with Crippen molar-refractivity contribution in [2.45, 2.75) is 33.1 Å². The zero-order chi connectivity index (χ0) is 47.4. The number of carboxylic acid groups (broad SMARTS) is 2. The summed E-state index contributed by atoms with van der Waals surface area (Å²) in [5.41, 5.74) is 12.3. The van der Waals surface area contributed by atoms with Gasteiger partial charge in [-0.25, -0.2) is 28.9 Å². The van der Waals surface area contributed by atoms with Crippen molar-refractivity contribution in [1.82, 2.24) is 70.8 Å². The standard InChI is InChI=1S/2C16H17N9O5S3.ClH/c2*1-24-16(20-22-23-24)33-4-6-3-31-13-9(12(27)25(13)10(6)14(28)29)19-11(26)8(21-30-2)7-5-32-15(17)18-7;/h2*5,9,13H,3-4H2,1-2H3,(H2,17,18)(H,19,26)(H,28,29);1H/b2*21-8+;. The number of amides is 4. The molecule has 4 atom stereocenters. The van der Waals surface area contributed by atoms with Gasteiger partial charge in [-0.1, -0.05) is 33.8 Å². The fraction of sp³-hybridized carbons (Fsp3) is 0.375. The zero-order valence-electron chi connectivity index (χ0n) is 35.7. The first kappa shape index (κ1) is 50.3. The lowest BCUT2D eigenvalue weighted by Gasteiger charge is -2.49. The van der Waals surface area contributed by atoms with Crippen LogP contribution in [0.2, 0.25) is 0 Å². The van der Waals surface area contributed by atoms with Crippen LogP contribution in [0.1, 0.15) is 12.8 Å². The van der Waals surface area contributed by atoms with Crippen LogP contribution in [0.5, 0.6) is 0 Å². The molecule has 4 unspecified atom stereocenters. The van der Waals surface area contributed by atoms with Crippen molar-refractivity contribution in [1.29, 1.82) is 0 Å². The molecule has 2 saturated heterocycles. The number of nitrogens with one attached hydrogen (secondary N) is 2. The summed E-state index contributed by atoms with van der Waals surface area (Å²) in [4.78, 5) is 95.1. The lowest BCUT2D eigenvalue weighted by molar-refractivity contribution is -0.150. The summed E-state index contributed by atoms with van der Waals surface area (Å²) in [6, 6.07) is -1.85. The number of aryl methyl sites for hydroxylation is 2. The zero-order valence-corrected chi connectivity index (χ0v) is 40.4. The monoisotopic (exact) mass is 1060 g/mol. The first-order valence-corrected chi connectivity index (χ1v) is 24.2. The van der Waals surface area contributed by atoms with Crippen LogP contribution in [0.4, 0.5) is 10.3 Å². The molecule has 35 heteroatoms. The summed E-state index contributed by atoms with van der Waals surface area (Å²) in [6.45, 7) is 0. The first-order chi connectivity index (χ1) is 31.6. The molecule has 2 fully saturated rings. The lowest BCUT2D eigenvalue weighted by atomic mass is 10.0. The molecule has 0 saturated carbocycles. The van der Waals surface area contributed by atoms with E-state index < -0.39 is 58.4 Å². The predicted molar refractivity (Wildman–Crippen MR) is 240 cm³/mol. The first-order valence-electron chi connectivity index (χ1n) is 18.4. The number of thiazole rings is 2. The van der Waals surface area contributed by atoms with E-state index in [1.807, 2.05) is 0 Å². The topological polar surface area (TPSA) is 382 Å². The maximum absolute atomic E-state index is 12.9. The number of hydrogen-bond donors (Lipinski definition) is 6. The van der Waals surface area contributed by atoms with Crippen LogP contribution in [0.25, 0.3) is 0 Å². The second kappa shape index (κ2) is 21.7. The van der Waals surface area contributed by atoms with Crippen LogP contribution in [0, 0.1) is 0 Å². The Morgan fingerprint density at radius 1 is 0.761 bits per heavy atom. The SMILES string of the molecule is CO/N=C(/C(=O)NC1C(=O)N2C(C(=O)O)=C(CSc3nnnn3C)CSC12)c1csc(N)n1.CO/N=C(/C(=O)NC1C(=O)N2C(C(=O)O)=C(CSc3nnnn3C)CSC12)c1csc(N)n1.[Cl-].[H+]. The Labute approximate surface area is 409 Å². The second-order valence-electron chi connectivity index (χ2n) is 13.4. The van der Waals surface area contributed by atoms with Gasteiger partial charge in [0, 0.05) is 47.9 Å². The number of anilines is 2. The van der Waals surface area contributed by atoms with Crippen LogP contribution in [0.15, 0.2) is 53.9 Å². The molecule has 4 aromatic rings. The normalized spacial score (nSPS) is 20.1. The van der Waals surface area contributed by atoms with Gasteiger partial charge in [-0.15, -0.1) is 56.4 Å². The Morgan fingerprint density at radius 3 is 1.45 bits per heavy atom. The van der Waals surface area contributed by atoms with Crippen LogP contribution < -0.4 is 34.5 Å². The molecule has 4 amide bonds. The van der Waals surface area contributed by atoms with E-state index in [1.165, 1.54) is 80.4 Å². The maximum atomic E-state index is 12.9. The number of fused-ring (bicyclic) bond motifs is 2. The number of nitrogens with zero attached hydrogens (tertiary/aromatic N) is 14. The number of halogens is 1. The van der Waals surface area contributed by atoms with E-state index in [0.29, 0.717) is 44.5 Å². The van der Waals surface area contributed by atoms with Crippen LogP contribution in [-0.2, 0) is 52.5 Å². The third kappa shape index (κ3) is 10.6. The van der Waals surface area contributed by atoms with E-state index in [9.17, 15) is 39.0 Å². The van der Waals surface area contributed by atoms with Gasteiger partial charge in [0.05, 0.1) is 0 Å². The third-order valence-corrected chi connectivity index (χ3v) is 15.5. The summed E-state index contributed by atoms with van der Waals surface area (Å²) in [5, 5.41) is 57.9. The van der Waals surface area contributed by atoms with Gasteiger partial charge in [-0.3, -0.25) is 29.0 Å². The van der Waals surface area contributed by atoms with Gasteiger partial charge in [0.15, 0.2) is 21.7 Å². The Bertz CT molecular complexity index is 2550. The minimum atomic E-state index is -1.22. The highest BCUT2D eigenvalue weighted by atomic mass is 35.5. The molecule has 8 rings (SSSR count). The highest BCUT2D eigenvalue weighted by molar-refractivity contribution is 8.01. The Balaban J connectivity index is 0.000000247. The molecule has 356 valence electrons. The third-order valence-electron chi connectivity index (χ3n) is 9.31. The van der Waals surface area contributed by atoms with E-state index in [4.69, 9.17) is 21.1 Å². The van der Waals surface area contributed by atoms with Crippen molar-refractivity contribution in [3.8, 4) is 0 Å². The van der Waals surface area contributed by atoms with Gasteiger partial charge < -0.3 is 54.4 Å². The number of tetrazole rings is 2. The quantitative estimate of drug-likeness (QED) is 0.0266. The van der Waals surface area contributed by atoms with Crippen molar-refractivity contribution in [2.75, 3.05) is 48.7 Å². The number of nitrogens with two attached hydrogens (primary N) is 2. The number of β-lactam (4-membered cyclic amide) rings is 2. The number of carboxylic acids is 2. The van der Waals surface area contributed by atoms with E-state index in [0.717, 1.165) is 22.7 Å². The molecule has 28 nitrogen and oxygen atoms in total. The molecule has 0 radical (unpaired) electrons. The summed E-state index contributed by atoms with van der Waals surface area (Å²) >= 11 is 7.50. The smallest absolute Gasteiger partial charge is 1.00 e. The van der Waals surface area contributed by atoms with Crippen molar-refractivity contribution in [2.24, 2.45) is 24.4 Å². The minimum Gasteiger partial charge on any atom is -1.00 e. The molecule has 0 bridgehead atoms. The highest BCUT2D eigenvalue weighted by Gasteiger charge is 2.56. The molecule has 0 aromatic carbocycles. The van der Waals surface area contributed by atoms with Crippen molar-refractivity contribution in [3.63, 3.8) is 0 Å². The second-order valence-corrected chi connectivity index (χ2v) is 19.2. The van der Waals surface area contributed by atoms with E-state index >= 15 is 0 Å². The van der Waals surface area contributed by atoms with E-state index in [2.05, 4.69) is 62.0 Å². The number of aromatic nitrogens is 10. The average Bonchev–Trinajstić information content (AvgIpc) is 4.12. The Kier molecular flexibility index (Phi) is 16.3.